The van der Waals surface area contributed by atoms with Crippen molar-refractivity contribution in [1.29, 1.82) is 0 Å². The van der Waals surface area contributed by atoms with Crippen molar-refractivity contribution < 1.29 is 18.3 Å². The number of aliphatic hydroxyl groups excluding tert-OH is 1. The molecule has 0 unspecified atom stereocenters. The van der Waals surface area contributed by atoms with Crippen LogP contribution in [-0.2, 0) is 22.0 Å². The highest BCUT2D eigenvalue weighted by molar-refractivity contribution is 7.89. The summed E-state index contributed by atoms with van der Waals surface area (Å²) in [5.74, 6) is -0.0621. The van der Waals surface area contributed by atoms with Gasteiger partial charge in [-0.15, -0.1) is 0 Å². The van der Waals surface area contributed by atoms with Crippen molar-refractivity contribution in [2.24, 2.45) is 0 Å². The Balaban J connectivity index is 1.61. The van der Waals surface area contributed by atoms with E-state index >= 15 is 0 Å². The van der Waals surface area contributed by atoms with Crippen molar-refractivity contribution in [1.82, 2.24) is 9.62 Å². The third-order valence-corrected chi connectivity index (χ3v) is 6.87. The predicted molar refractivity (Wildman–Crippen MR) is 117 cm³/mol. The van der Waals surface area contributed by atoms with Crippen LogP contribution in [0.3, 0.4) is 0 Å². The molecule has 2 aromatic rings. The number of rotatable bonds is 5. The fourth-order valence-electron chi connectivity index (χ4n) is 3.41. The number of benzene rings is 2. The molecule has 0 spiro atoms. The lowest BCUT2D eigenvalue weighted by Crippen LogP contribution is -2.40. The Morgan fingerprint density at radius 1 is 1.03 bits per heavy atom. The van der Waals surface area contributed by atoms with Crippen LogP contribution >= 0.6 is 0 Å². The highest BCUT2D eigenvalue weighted by atomic mass is 32.2. The maximum absolute atomic E-state index is 12.6. The van der Waals surface area contributed by atoms with Crippen LogP contribution in [-0.4, -0.2) is 43.5 Å². The van der Waals surface area contributed by atoms with Crippen LogP contribution in [0.2, 0.25) is 0 Å². The second-order valence-electron chi connectivity index (χ2n) is 8.82. The van der Waals surface area contributed by atoms with Gasteiger partial charge in [0, 0.05) is 25.2 Å². The predicted octanol–water partition coefficient (Wildman–Crippen LogP) is 3.06. The first-order valence-electron chi connectivity index (χ1n) is 10.2. The van der Waals surface area contributed by atoms with E-state index in [0.29, 0.717) is 31.5 Å². The number of amides is 1. The molecule has 0 aliphatic carbocycles. The molecule has 30 heavy (non-hydrogen) atoms. The standard InChI is InChI=1S/C23H30N2O4S/c1-23(2,3)19-8-10-21(11-9-19)30(28,29)24-16-17-4-6-18(7-5-17)22(27)25-14-12-20(26)13-15-25/h4-11,20,24,26H,12-16H2,1-3H3. The molecule has 162 valence electrons. The van der Waals surface area contributed by atoms with Crippen molar-refractivity contribution >= 4 is 15.9 Å². The van der Waals surface area contributed by atoms with Crippen molar-refractivity contribution in [3.63, 3.8) is 0 Å². The highest BCUT2D eigenvalue weighted by Gasteiger charge is 2.22. The summed E-state index contributed by atoms with van der Waals surface area (Å²) in [4.78, 5) is 14.5. The fraction of sp³-hybridized carbons (Fsp3) is 0.435. The smallest absolute Gasteiger partial charge is 0.253 e. The van der Waals surface area contributed by atoms with E-state index in [1.807, 2.05) is 12.1 Å². The molecule has 1 amide bonds. The molecule has 1 aliphatic rings. The molecule has 0 bridgehead atoms. The quantitative estimate of drug-likeness (QED) is 0.763. The lowest BCUT2D eigenvalue weighted by Gasteiger charge is -2.29. The van der Waals surface area contributed by atoms with Crippen LogP contribution < -0.4 is 4.72 Å². The molecule has 0 aromatic heterocycles. The Morgan fingerprint density at radius 3 is 2.13 bits per heavy atom. The normalized spacial score (nSPS) is 15.9. The topological polar surface area (TPSA) is 86.7 Å². The summed E-state index contributed by atoms with van der Waals surface area (Å²) in [6.07, 6.45) is 0.874. The molecule has 2 aromatic carbocycles. The summed E-state index contributed by atoms with van der Waals surface area (Å²) in [6.45, 7) is 7.49. The van der Waals surface area contributed by atoms with Gasteiger partial charge in [-0.3, -0.25) is 4.79 Å². The molecule has 0 radical (unpaired) electrons. The van der Waals surface area contributed by atoms with Crippen LogP contribution in [0.4, 0.5) is 0 Å². The van der Waals surface area contributed by atoms with E-state index in [9.17, 15) is 18.3 Å². The van der Waals surface area contributed by atoms with Crippen LogP contribution in [0.15, 0.2) is 53.4 Å². The summed E-state index contributed by atoms with van der Waals surface area (Å²) >= 11 is 0. The molecule has 7 heteroatoms. The summed E-state index contributed by atoms with van der Waals surface area (Å²) < 4.78 is 27.8. The number of likely N-dealkylation sites (tertiary alicyclic amines) is 1. The molecule has 1 heterocycles. The highest BCUT2D eigenvalue weighted by Crippen LogP contribution is 2.23. The van der Waals surface area contributed by atoms with E-state index in [2.05, 4.69) is 25.5 Å². The Kier molecular flexibility index (Phi) is 6.65. The fourth-order valence-corrected chi connectivity index (χ4v) is 4.43. The Bertz CT molecular complexity index is 969. The SMILES string of the molecule is CC(C)(C)c1ccc(S(=O)(=O)NCc2ccc(C(=O)N3CCC(O)CC3)cc2)cc1. The first kappa shape index (κ1) is 22.5. The molecular formula is C23H30N2O4S. The number of nitrogens with zero attached hydrogens (tertiary/aromatic N) is 1. The average molecular weight is 431 g/mol. The van der Waals surface area contributed by atoms with E-state index in [1.165, 1.54) is 0 Å². The van der Waals surface area contributed by atoms with Gasteiger partial charge in [-0.25, -0.2) is 13.1 Å². The first-order valence-corrected chi connectivity index (χ1v) is 11.7. The zero-order chi connectivity index (χ0) is 21.9. The Morgan fingerprint density at radius 2 is 1.60 bits per heavy atom. The third-order valence-electron chi connectivity index (χ3n) is 5.45. The van der Waals surface area contributed by atoms with Gasteiger partial charge in [-0.1, -0.05) is 45.0 Å². The van der Waals surface area contributed by atoms with Gasteiger partial charge in [-0.2, -0.15) is 0 Å². The number of piperidine rings is 1. The van der Waals surface area contributed by atoms with Gasteiger partial charge in [0.25, 0.3) is 5.91 Å². The van der Waals surface area contributed by atoms with Gasteiger partial charge in [0.1, 0.15) is 0 Å². The minimum absolute atomic E-state index is 0.0388. The number of aliphatic hydroxyl groups is 1. The van der Waals surface area contributed by atoms with Crippen LogP contribution in [0.25, 0.3) is 0 Å². The molecule has 1 saturated heterocycles. The van der Waals surface area contributed by atoms with Crippen LogP contribution in [0, 0.1) is 0 Å². The molecule has 6 nitrogen and oxygen atoms in total. The summed E-state index contributed by atoms with van der Waals surface area (Å²) in [5, 5.41) is 9.58. The van der Waals surface area contributed by atoms with E-state index in [-0.39, 0.29) is 28.9 Å². The minimum atomic E-state index is -3.62. The lowest BCUT2D eigenvalue weighted by molar-refractivity contribution is 0.0546. The van der Waals surface area contributed by atoms with Crippen molar-refractivity contribution in [3.8, 4) is 0 Å². The number of nitrogens with one attached hydrogen (secondary N) is 1. The zero-order valence-corrected chi connectivity index (χ0v) is 18.6. The van der Waals surface area contributed by atoms with Gasteiger partial charge >= 0.3 is 0 Å². The lowest BCUT2D eigenvalue weighted by atomic mass is 9.87. The number of carbonyl (C=O) groups excluding carboxylic acids is 1. The summed E-state index contributed by atoms with van der Waals surface area (Å²) in [7, 11) is -3.62. The van der Waals surface area contributed by atoms with Crippen LogP contribution in [0.1, 0.15) is 55.1 Å². The minimum Gasteiger partial charge on any atom is -0.393 e. The van der Waals surface area contributed by atoms with Gasteiger partial charge in [0.05, 0.1) is 11.0 Å². The monoisotopic (exact) mass is 430 g/mol. The molecule has 0 saturated carbocycles. The largest absolute Gasteiger partial charge is 0.393 e. The molecule has 1 aliphatic heterocycles. The Labute approximate surface area is 179 Å². The van der Waals surface area contributed by atoms with Gasteiger partial charge in [-0.05, 0) is 53.6 Å². The number of sulfonamides is 1. The average Bonchev–Trinajstić information content (AvgIpc) is 2.72. The Hall–Kier alpha value is -2.22. The summed E-state index contributed by atoms with van der Waals surface area (Å²) in [5.41, 5.74) is 2.37. The van der Waals surface area contributed by atoms with Gasteiger partial charge in [0.2, 0.25) is 10.0 Å². The molecule has 2 N–H and O–H groups in total. The summed E-state index contributed by atoms with van der Waals surface area (Å²) in [6, 6.07) is 13.9. The second kappa shape index (κ2) is 8.88. The van der Waals surface area contributed by atoms with E-state index in [0.717, 1.165) is 11.1 Å². The molecule has 0 atom stereocenters. The molecule has 1 fully saturated rings. The van der Waals surface area contributed by atoms with E-state index in [1.54, 1.807) is 41.3 Å². The maximum atomic E-state index is 12.6. The maximum Gasteiger partial charge on any atom is 0.253 e. The van der Waals surface area contributed by atoms with Crippen molar-refractivity contribution in [2.45, 2.75) is 56.6 Å². The van der Waals surface area contributed by atoms with E-state index in [4.69, 9.17) is 0 Å². The third kappa shape index (κ3) is 5.47. The number of hydrogen-bond donors (Lipinski definition) is 2. The number of carbonyl (C=O) groups is 1. The number of hydrogen-bond acceptors (Lipinski definition) is 4. The molecular weight excluding hydrogens is 400 g/mol. The van der Waals surface area contributed by atoms with Crippen molar-refractivity contribution in [2.75, 3.05) is 13.1 Å². The first-order chi connectivity index (χ1) is 14.1. The van der Waals surface area contributed by atoms with Crippen molar-refractivity contribution in [3.05, 3.63) is 65.2 Å². The van der Waals surface area contributed by atoms with Gasteiger partial charge < -0.3 is 10.0 Å². The van der Waals surface area contributed by atoms with Gasteiger partial charge in [0.15, 0.2) is 0 Å². The molecule has 3 rings (SSSR count). The second-order valence-corrected chi connectivity index (χ2v) is 10.6. The van der Waals surface area contributed by atoms with E-state index < -0.39 is 10.0 Å². The van der Waals surface area contributed by atoms with Crippen LogP contribution in [0.5, 0.6) is 0 Å². The zero-order valence-electron chi connectivity index (χ0n) is 17.8.